The van der Waals surface area contributed by atoms with E-state index in [2.05, 4.69) is 5.10 Å². The lowest BCUT2D eigenvalue weighted by Gasteiger charge is -2.28. The van der Waals surface area contributed by atoms with E-state index in [1.807, 2.05) is 0 Å². The Morgan fingerprint density at radius 1 is 1.37 bits per heavy atom. The summed E-state index contributed by atoms with van der Waals surface area (Å²) in [6.45, 7) is 2.96. The zero-order valence-electron chi connectivity index (χ0n) is 15.1. The standard InChI is InChI=1S/C18H21FN2O5S/c1-3-21-18(23)13(10-20-21)17(22)12-4-5-15-16(11(12)2)14(26-8-7-19)6-9-27(15,24)25/h4-5,10,14,20H,3,6-9H2,1-2H3. The Kier molecular flexibility index (Phi) is 5.34. The van der Waals surface area contributed by atoms with Crippen molar-refractivity contribution >= 4 is 15.6 Å². The van der Waals surface area contributed by atoms with E-state index in [0.717, 1.165) is 0 Å². The number of benzene rings is 1. The monoisotopic (exact) mass is 396 g/mol. The molecule has 0 radical (unpaired) electrons. The van der Waals surface area contributed by atoms with Crippen LogP contribution in [0.3, 0.4) is 0 Å². The van der Waals surface area contributed by atoms with Crippen LogP contribution in [0.15, 0.2) is 28.0 Å². The van der Waals surface area contributed by atoms with E-state index in [9.17, 15) is 22.4 Å². The maximum atomic E-state index is 12.9. The minimum atomic E-state index is -3.49. The first-order valence-electron chi connectivity index (χ1n) is 8.68. The van der Waals surface area contributed by atoms with Crippen molar-refractivity contribution in [2.45, 2.75) is 37.8 Å². The number of H-pyrrole nitrogens is 1. The summed E-state index contributed by atoms with van der Waals surface area (Å²) in [6.07, 6.45) is 0.937. The van der Waals surface area contributed by atoms with Crippen molar-refractivity contribution in [3.8, 4) is 0 Å². The fourth-order valence-corrected chi connectivity index (χ4v) is 5.08. The molecule has 146 valence electrons. The number of nitrogens with zero attached hydrogens (tertiary/aromatic N) is 1. The summed E-state index contributed by atoms with van der Waals surface area (Å²) in [5, 5.41) is 2.73. The van der Waals surface area contributed by atoms with Crippen LogP contribution < -0.4 is 5.56 Å². The van der Waals surface area contributed by atoms with Crippen molar-refractivity contribution in [1.29, 1.82) is 0 Å². The molecule has 0 amide bonds. The number of ketones is 1. The molecule has 0 saturated heterocycles. The fourth-order valence-electron chi connectivity index (χ4n) is 3.44. The Balaban J connectivity index is 2.12. The number of alkyl halides is 1. The number of halogens is 1. The summed E-state index contributed by atoms with van der Waals surface area (Å²) in [5.41, 5.74) is 0.608. The van der Waals surface area contributed by atoms with Crippen LogP contribution in [0.1, 0.15) is 46.5 Å². The Morgan fingerprint density at radius 2 is 2.11 bits per heavy atom. The average molecular weight is 396 g/mol. The second-order valence-electron chi connectivity index (χ2n) is 6.37. The van der Waals surface area contributed by atoms with Crippen LogP contribution in [0.2, 0.25) is 0 Å². The third-order valence-electron chi connectivity index (χ3n) is 4.82. The maximum Gasteiger partial charge on any atom is 0.277 e. The zero-order chi connectivity index (χ0) is 19.8. The van der Waals surface area contributed by atoms with Crippen molar-refractivity contribution in [3.63, 3.8) is 0 Å². The first kappa shape index (κ1) is 19.5. The number of rotatable bonds is 6. The van der Waals surface area contributed by atoms with Gasteiger partial charge in [-0.3, -0.25) is 14.3 Å². The highest BCUT2D eigenvalue weighted by molar-refractivity contribution is 7.91. The lowest BCUT2D eigenvalue weighted by molar-refractivity contribution is 0.0380. The van der Waals surface area contributed by atoms with Crippen LogP contribution in [0, 0.1) is 6.92 Å². The summed E-state index contributed by atoms with van der Waals surface area (Å²) in [5.74, 6) is -0.584. The summed E-state index contributed by atoms with van der Waals surface area (Å²) in [7, 11) is -3.49. The number of sulfone groups is 1. The Morgan fingerprint density at radius 3 is 2.74 bits per heavy atom. The van der Waals surface area contributed by atoms with Crippen molar-refractivity contribution < 1.29 is 22.3 Å². The quantitative estimate of drug-likeness (QED) is 0.753. The number of carbonyl (C=O) groups excluding carboxylic acids is 1. The highest BCUT2D eigenvalue weighted by Gasteiger charge is 2.34. The van der Waals surface area contributed by atoms with Crippen LogP contribution in [-0.2, 0) is 21.1 Å². The van der Waals surface area contributed by atoms with Gasteiger partial charge in [-0.1, -0.05) is 0 Å². The molecule has 3 rings (SSSR count). The van der Waals surface area contributed by atoms with Crippen LogP contribution >= 0.6 is 0 Å². The Labute approximate surface area is 156 Å². The van der Waals surface area contributed by atoms with E-state index in [4.69, 9.17) is 4.74 Å². The van der Waals surface area contributed by atoms with Gasteiger partial charge >= 0.3 is 0 Å². The number of aromatic nitrogens is 2. The molecule has 0 saturated carbocycles. The van der Waals surface area contributed by atoms with Crippen molar-refractivity contribution in [3.05, 3.63) is 50.9 Å². The van der Waals surface area contributed by atoms with Gasteiger partial charge in [0.15, 0.2) is 15.6 Å². The molecule has 9 heteroatoms. The third kappa shape index (κ3) is 3.37. The second kappa shape index (κ2) is 7.40. The van der Waals surface area contributed by atoms with E-state index < -0.39 is 34.0 Å². The van der Waals surface area contributed by atoms with Gasteiger partial charge in [0.05, 0.1) is 23.4 Å². The molecular weight excluding hydrogens is 375 g/mol. The molecule has 0 spiro atoms. The minimum absolute atomic E-state index is 0.0141. The van der Waals surface area contributed by atoms with Crippen molar-refractivity contribution in [2.24, 2.45) is 0 Å². The van der Waals surface area contributed by atoms with Gasteiger partial charge in [0.1, 0.15) is 12.2 Å². The number of aryl methyl sites for hydroxylation is 1. The van der Waals surface area contributed by atoms with Gasteiger partial charge in [-0.15, -0.1) is 0 Å². The van der Waals surface area contributed by atoms with E-state index in [-0.39, 0.29) is 34.8 Å². The van der Waals surface area contributed by atoms with Crippen LogP contribution in [-0.4, -0.2) is 43.0 Å². The predicted octanol–water partition coefficient (Wildman–Crippen LogP) is 1.94. The molecular formula is C18H21FN2O5S. The highest BCUT2D eigenvalue weighted by Crippen LogP contribution is 2.38. The van der Waals surface area contributed by atoms with E-state index in [1.54, 1.807) is 13.8 Å². The molecule has 1 aromatic carbocycles. The predicted molar refractivity (Wildman–Crippen MR) is 96.7 cm³/mol. The van der Waals surface area contributed by atoms with Gasteiger partial charge in [-0.25, -0.2) is 12.8 Å². The smallest absolute Gasteiger partial charge is 0.277 e. The number of carbonyl (C=O) groups is 1. The molecule has 27 heavy (non-hydrogen) atoms. The summed E-state index contributed by atoms with van der Waals surface area (Å²) >= 11 is 0. The number of fused-ring (bicyclic) bond motifs is 1. The number of ether oxygens (including phenoxy) is 1. The Hall–Kier alpha value is -2.26. The molecule has 1 aromatic heterocycles. The lowest BCUT2D eigenvalue weighted by Crippen LogP contribution is -2.25. The molecule has 1 aliphatic rings. The lowest BCUT2D eigenvalue weighted by atomic mass is 9.93. The van der Waals surface area contributed by atoms with E-state index >= 15 is 0 Å². The summed E-state index contributed by atoms with van der Waals surface area (Å²) in [4.78, 5) is 25.3. The van der Waals surface area contributed by atoms with Gasteiger partial charge in [-0.2, -0.15) is 0 Å². The fraction of sp³-hybridized carbons (Fsp3) is 0.444. The van der Waals surface area contributed by atoms with Gasteiger partial charge in [-0.05, 0) is 38.0 Å². The Bertz CT molecular complexity index is 1040. The molecule has 2 heterocycles. The van der Waals surface area contributed by atoms with Crippen LogP contribution in [0.5, 0.6) is 0 Å². The molecule has 2 aromatic rings. The molecule has 1 unspecified atom stereocenters. The number of aromatic amines is 1. The third-order valence-corrected chi connectivity index (χ3v) is 6.62. The summed E-state index contributed by atoms with van der Waals surface area (Å²) < 4.78 is 44.2. The van der Waals surface area contributed by atoms with E-state index in [0.29, 0.717) is 17.7 Å². The first-order chi connectivity index (χ1) is 12.8. The molecule has 7 nitrogen and oxygen atoms in total. The van der Waals surface area contributed by atoms with Gasteiger partial charge in [0.25, 0.3) is 5.56 Å². The molecule has 1 atom stereocenters. The molecule has 1 N–H and O–H groups in total. The van der Waals surface area contributed by atoms with Crippen molar-refractivity contribution in [2.75, 3.05) is 19.0 Å². The average Bonchev–Trinajstić information content (AvgIpc) is 3.01. The number of nitrogens with one attached hydrogen (secondary N) is 1. The van der Waals surface area contributed by atoms with Gasteiger partial charge in [0, 0.05) is 23.9 Å². The highest BCUT2D eigenvalue weighted by atomic mass is 32.2. The van der Waals surface area contributed by atoms with Crippen LogP contribution in [0.4, 0.5) is 4.39 Å². The molecule has 1 aliphatic heterocycles. The molecule has 0 aliphatic carbocycles. The van der Waals surface area contributed by atoms with E-state index in [1.165, 1.54) is 23.0 Å². The SMILES string of the molecule is CCn1[nH]cc(C(=O)c2ccc3c(c2C)C(OCCF)CCS3(=O)=O)c1=O. The maximum absolute atomic E-state index is 12.9. The number of hydrogen-bond acceptors (Lipinski definition) is 5. The number of hydrogen-bond donors (Lipinski definition) is 1. The normalized spacial score (nSPS) is 18.3. The topological polar surface area (TPSA) is 98.2 Å². The van der Waals surface area contributed by atoms with Crippen molar-refractivity contribution in [1.82, 2.24) is 9.78 Å². The van der Waals surface area contributed by atoms with Gasteiger partial charge in [0.2, 0.25) is 0 Å². The zero-order valence-corrected chi connectivity index (χ0v) is 15.9. The first-order valence-corrected chi connectivity index (χ1v) is 10.3. The molecule has 0 bridgehead atoms. The molecule has 0 fully saturated rings. The largest absolute Gasteiger partial charge is 0.371 e. The van der Waals surface area contributed by atoms with Gasteiger partial charge < -0.3 is 9.84 Å². The second-order valence-corrected chi connectivity index (χ2v) is 8.45. The summed E-state index contributed by atoms with van der Waals surface area (Å²) in [6, 6.07) is 2.80. The minimum Gasteiger partial charge on any atom is -0.371 e. The van der Waals surface area contributed by atoms with Crippen LogP contribution in [0.25, 0.3) is 0 Å².